The summed E-state index contributed by atoms with van der Waals surface area (Å²) < 4.78 is 41.1. The highest BCUT2D eigenvalue weighted by atomic mass is 32.2. The van der Waals surface area contributed by atoms with E-state index in [4.69, 9.17) is 14.2 Å². The predicted molar refractivity (Wildman–Crippen MR) is 125 cm³/mol. The van der Waals surface area contributed by atoms with Gasteiger partial charge >= 0.3 is 0 Å². The molecular weight excluding hydrogens is 432 g/mol. The van der Waals surface area contributed by atoms with E-state index in [0.29, 0.717) is 35.8 Å². The second-order valence-corrected chi connectivity index (χ2v) is 9.34. The molecule has 2 atom stereocenters. The van der Waals surface area contributed by atoms with Crippen molar-refractivity contribution >= 4 is 21.6 Å². The van der Waals surface area contributed by atoms with E-state index in [1.54, 1.807) is 38.5 Å². The lowest BCUT2D eigenvalue weighted by atomic mass is 10.0. The first-order chi connectivity index (χ1) is 15.1. The molecule has 0 saturated carbocycles. The number of rotatable bonds is 11. The van der Waals surface area contributed by atoms with Crippen LogP contribution in [-0.4, -0.2) is 48.0 Å². The molecule has 2 rings (SSSR count). The standard InChI is InChI=1S/C23H32N2O6S/c1-7-19(16-9-14-21(29-4)22(15-16)30-5)24-23(26)20(8-2)31-18-12-10-17(11-13-18)25(3)32(6,27)28/h9-15,19-20H,7-8H2,1-6H3,(H,24,26)/t19-,20+/m0/s1. The topological polar surface area (TPSA) is 94.2 Å². The van der Waals surface area contributed by atoms with Gasteiger partial charge in [-0.25, -0.2) is 8.42 Å². The molecular formula is C23H32N2O6S. The van der Waals surface area contributed by atoms with Gasteiger partial charge in [-0.3, -0.25) is 9.10 Å². The Balaban J connectivity index is 2.11. The van der Waals surface area contributed by atoms with Gasteiger partial charge in [0.15, 0.2) is 17.6 Å². The van der Waals surface area contributed by atoms with Gasteiger partial charge in [0.25, 0.3) is 5.91 Å². The number of carbonyl (C=O) groups excluding carboxylic acids is 1. The molecule has 0 aliphatic heterocycles. The Bertz CT molecular complexity index is 1010. The van der Waals surface area contributed by atoms with Crippen LogP contribution in [0.4, 0.5) is 5.69 Å². The quantitative estimate of drug-likeness (QED) is 0.547. The van der Waals surface area contributed by atoms with Crippen LogP contribution in [0.1, 0.15) is 38.3 Å². The fourth-order valence-electron chi connectivity index (χ4n) is 3.17. The average molecular weight is 465 g/mol. The summed E-state index contributed by atoms with van der Waals surface area (Å²) in [5.74, 6) is 1.47. The fraction of sp³-hybridized carbons (Fsp3) is 0.435. The summed E-state index contributed by atoms with van der Waals surface area (Å²) in [4.78, 5) is 12.9. The van der Waals surface area contributed by atoms with Crippen molar-refractivity contribution < 1.29 is 27.4 Å². The van der Waals surface area contributed by atoms with Gasteiger partial charge in [0.1, 0.15) is 5.75 Å². The van der Waals surface area contributed by atoms with Crippen LogP contribution in [0.2, 0.25) is 0 Å². The van der Waals surface area contributed by atoms with Crippen molar-refractivity contribution in [1.82, 2.24) is 5.32 Å². The van der Waals surface area contributed by atoms with E-state index in [-0.39, 0.29) is 11.9 Å². The number of nitrogens with zero attached hydrogens (tertiary/aromatic N) is 1. The van der Waals surface area contributed by atoms with Crippen molar-refractivity contribution in [3.63, 3.8) is 0 Å². The molecule has 2 aromatic rings. The van der Waals surface area contributed by atoms with Crippen LogP contribution < -0.4 is 23.8 Å². The Kier molecular flexibility index (Phi) is 8.77. The molecule has 0 aromatic heterocycles. The van der Waals surface area contributed by atoms with Gasteiger partial charge in [-0.2, -0.15) is 0 Å². The first-order valence-electron chi connectivity index (χ1n) is 10.4. The normalized spacial score (nSPS) is 13.1. The number of benzene rings is 2. The number of sulfonamides is 1. The maximum absolute atomic E-state index is 12.9. The molecule has 0 saturated heterocycles. The third-order valence-electron chi connectivity index (χ3n) is 5.17. The lowest BCUT2D eigenvalue weighted by Gasteiger charge is -2.23. The van der Waals surface area contributed by atoms with Gasteiger partial charge in [-0.1, -0.05) is 19.9 Å². The van der Waals surface area contributed by atoms with Gasteiger partial charge in [0, 0.05) is 7.05 Å². The van der Waals surface area contributed by atoms with Crippen LogP contribution >= 0.6 is 0 Å². The van der Waals surface area contributed by atoms with Crippen LogP contribution in [0.25, 0.3) is 0 Å². The van der Waals surface area contributed by atoms with Crippen LogP contribution in [0.3, 0.4) is 0 Å². The largest absolute Gasteiger partial charge is 0.493 e. The highest BCUT2D eigenvalue weighted by Crippen LogP contribution is 2.31. The molecule has 0 fully saturated rings. The maximum Gasteiger partial charge on any atom is 0.261 e. The van der Waals surface area contributed by atoms with E-state index >= 15 is 0 Å². The minimum Gasteiger partial charge on any atom is -0.493 e. The number of nitrogens with one attached hydrogen (secondary N) is 1. The molecule has 0 bridgehead atoms. The molecule has 1 amide bonds. The molecule has 32 heavy (non-hydrogen) atoms. The zero-order valence-electron chi connectivity index (χ0n) is 19.4. The van der Waals surface area contributed by atoms with Crippen molar-refractivity contribution in [3.8, 4) is 17.2 Å². The van der Waals surface area contributed by atoms with E-state index < -0.39 is 16.1 Å². The SMILES string of the molecule is CC[C@H](NC(=O)[C@@H](CC)Oc1ccc(N(C)S(C)(=O)=O)cc1)c1ccc(OC)c(OC)c1. The number of methoxy groups -OCH3 is 2. The first kappa shape index (κ1) is 25.3. The van der Waals surface area contributed by atoms with Crippen LogP contribution in [0.15, 0.2) is 42.5 Å². The minimum atomic E-state index is -3.35. The Labute approximate surface area is 190 Å². The van der Waals surface area contributed by atoms with Gasteiger partial charge < -0.3 is 19.5 Å². The van der Waals surface area contributed by atoms with Gasteiger partial charge in [0.2, 0.25) is 10.0 Å². The van der Waals surface area contributed by atoms with Crippen molar-refractivity contribution in [1.29, 1.82) is 0 Å². The Morgan fingerprint density at radius 1 is 1.00 bits per heavy atom. The molecule has 2 aromatic carbocycles. The van der Waals surface area contributed by atoms with Gasteiger partial charge in [-0.05, 0) is 54.8 Å². The highest BCUT2D eigenvalue weighted by Gasteiger charge is 2.23. The van der Waals surface area contributed by atoms with E-state index in [1.807, 2.05) is 32.0 Å². The number of anilines is 1. The van der Waals surface area contributed by atoms with E-state index in [0.717, 1.165) is 11.8 Å². The van der Waals surface area contributed by atoms with Crippen molar-refractivity contribution in [2.75, 3.05) is 31.8 Å². The summed E-state index contributed by atoms with van der Waals surface area (Å²) in [7, 11) is 1.27. The maximum atomic E-state index is 12.9. The summed E-state index contributed by atoms with van der Waals surface area (Å²) in [6, 6.07) is 11.9. The molecule has 0 aliphatic carbocycles. The van der Waals surface area contributed by atoms with E-state index in [1.165, 1.54) is 11.4 Å². The third kappa shape index (κ3) is 6.29. The lowest BCUT2D eigenvalue weighted by Crippen LogP contribution is -2.40. The molecule has 0 heterocycles. The van der Waals surface area contributed by atoms with Gasteiger partial charge in [0.05, 0.1) is 32.2 Å². The number of carbonyl (C=O) groups is 1. The highest BCUT2D eigenvalue weighted by molar-refractivity contribution is 7.92. The first-order valence-corrected chi connectivity index (χ1v) is 12.2. The number of ether oxygens (including phenoxy) is 3. The zero-order valence-corrected chi connectivity index (χ0v) is 20.2. The summed E-state index contributed by atoms with van der Waals surface area (Å²) in [5, 5.41) is 3.04. The number of hydrogen-bond donors (Lipinski definition) is 1. The summed E-state index contributed by atoms with van der Waals surface area (Å²) in [6.07, 6.45) is 1.60. The zero-order chi connectivity index (χ0) is 23.9. The molecule has 9 heteroatoms. The average Bonchev–Trinajstić information content (AvgIpc) is 2.79. The van der Waals surface area contributed by atoms with Crippen molar-refractivity contribution in [2.24, 2.45) is 0 Å². The monoisotopic (exact) mass is 464 g/mol. The van der Waals surface area contributed by atoms with Crippen molar-refractivity contribution in [3.05, 3.63) is 48.0 Å². The Morgan fingerprint density at radius 2 is 1.62 bits per heavy atom. The second-order valence-electron chi connectivity index (χ2n) is 7.32. The molecule has 0 radical (unpaired) electrons. The Hall–Kier alpha value is -2.94. The second kappa shape index (κ2) is 11.1. The lowest BCUT2D eigenvalue weighted by molar-refractivity contribution is -0.128. The molecule has 176 valence electrons. The third-order valence-corrected chi connectivity index (χ3v) is 6.38. The molecule has 0 aliphatic rings. The molecule has 1 N–H and O–H groups in total. The molecule has 0 unspecified atom stereocenters. The predicted octanol–water partition coefficient (Wildman–Crippen LogP) is 3.52. The fourth-order valence-corrected chi connectivity index (χ4v) is 3.67. The summed E-state index contributed by atoms with van der Waals surface area (Å²) in [5.41, 5.74) is 1.42. The van der Waals surface area contributed by atoms with Crippen LogP contribution in [0, 0.1) is 0 Å². The van der Waals surface area contributed by atoms with Crippen LogP contribution in [0.5, 0.6) is 17.2 Å². The Morgan fingerprint density at radius 3 is 2.12 bits per heavy atom. The smallest absolute Gasteiger partial charge is 0.261 e. The summed E-state index contributed by atoms with van der Waals surface area (Å²) in [6.45, 7) is 3.86. The minimum absolute atomic E-state index is 0.217. The van der Waals surface area contributed by atoms with E-state index in [2.05, 4.69) is 5.32 Å². The van der Waals surface area contributed by atoms with Crippen molar-refractivity contribution in [2.45, 2.75) is 38.8 Å². The number of amides is 1. The molecule has 0 spiro atoms. The molecule has 8 nitrogen and oxygen atoms in total. The van der Waals surface area contributed by atoms with Gasteiger partial charge in [-0.15, -0.1) is 0 Å². The summed E-state index contributed by atoms with van der Waals surface area (Å²) >= 11 is 0. The van der Waals surface area contributed by atoms with E-state index in [9.17, 15) is 13.2 Å². The number of hydrogen-bond acceptors (Lipinski definition) is 6. The van der Waals surface area contributed by atoms with Crippen LogP contribution in [-0.2, 0) is 14.8 Å².